The Morgan fingerprint density at radius 3 is 3.00 bits per heavy atom. The summed E-state index contributed by atoms with van der Waals surface area (Å²) in [6.45, 7) is 7.63. The molecule has 0 saturated heterocycles. The van der Waals surface area contributed by atoms with Gasteiger partial charge in [0.25, 0.3) is 0 Å². The smallest absolute Gasteiger partial charge is 0.209 e. The molecule has 1 atom stereocenters. The molecule has 1 aromatic heterocycles. The van der Waals surface area contributed by atoms with Crippen LogP contribution in [-0.4, -0.2) is 52.3 Å². The van der Waals surface area contributed by atoms with Crippen molar-refractivity contribution >= 4 is 11.8 Å². The minimum atomic E-state index is 0.557. The van der Waals surface area contributed by atoms with Gasteiger partial charge in [-0.25, -0.2) is 4.68 Å². The fourth-order valence-corrected chi connectivity index (χ4v) is 2.60. The highest BCUT2D eigenvalue weighted by atomic mass is 32.2. The van der Waals surface area contributed by atoms with Gasteiger partial charge in [0.05, 0.1) is 13.2 Å². The van der Waals surface area contributed by atoms with E-state index in [4.69, 9.17) is 4.74 Å². The lowest BCUT2D eigenvalue weighted by molar-refractivity contribution is 0.199. The van der Waals surface area contributed by atoms with Gasteiger partial charge in [-0.2, -0.15) is 0 Å². The van der Waals surface area contributed by atoms with Crippen LogP contribution in [0, 0.1) is 0 Å². The van der Waals surface area contributed by atoms with E-state index in [1.807, 2.05) is 4.68 Å². The highest BCUT2D eigenvalue weighted by Crippen LogP contribution is 2.22. The minimum absolute atomic E-state index is 0.557. The zero-order chi connectivity index (χ0) is 13.2. The molecule has 1 aromatic rings. The van der Waals surface area contributed by atoms with E-state index >= 15 is 0 Å². The number of hydrogen-bond acceptors (Lipinski definition) is 6. The van der Waals surface area contributed by atoms with E-state index in [1.165, 1.54) is 12.8 Å². The van der Waals surface area contributed by atoms with Crippen LogP contribution >= 0.6 is 11.8 Å². The lowest BCUT2D eigenvalue weighted by atomic mass is 10.3. The van der Waals surface area contributed by atoms with Gasteiger partial charge >= 0.3 is 0 Å². The first-order valence-electron chi connectivity index (χ1n) is 6.40. The fraction of sp³-hybridized carbons (Fsp3) is 0.909. The molecule has 0 amide bonds. The summed E-state index contributed by atoms with van der Waals surface area (Å²) in [7, 11) is 1.70. The third kappa shape index (κ3) is 5.79. The van der Waals surface area contributed by atoms with Gasteiger partial charge < -0.3 is 10.1 Å². The molecule has 6 nitrogen and oxygen atoms in total. The molecular formula is C11H23N5OS. The van der Waals surface area contributed by atoms with Gasteiger partial charge in [0, 0.05) is 25.4 Å². The maximum atomic E-state index is 4.97. The van der Waals surface area contributed by atoms with E-state index in [9.17, 15) is 0 Å². The first-order chi connectivity index (χ1) is 8.77. The summed E-state index contributed by atoms with van der Waals surface area (Å²) in [6.07, 6.45) is 2.37. The van der Waals surface area contributed by atoms with Crippen molar-refractivity contribution in [3.05, 3.63) is 0 Å². The van der Waals surface area contributed by atoms with Crippen molar-refractivity contribution in [2.75, 3.05) is 26.8 Å². The fourth-order valence-electron chi connectivity index (χ4n) is 1.55. The van der Waals surface area contributed by atoms with Gasteiger partial charge in [0.2, 0.25) is 5.16 Å². The van der Waals surface area contributed by atoms with Gasteiger partial charge in [-0.1, -0.05) is 32.0 Å². The Labute approximate surface area is 113 Å². The highest BCUT2D eigenvalue weighted by molar-refractivity contribution is 7.99. The summed E-state index contributed by atoms with van der Waals surface area (Å²) in [6, 6.07) is 0. The summed E-state index contributed by atoms with van der Waals surface area (Å²) in [5.74, 6) is 0. The Hall–Kier alpha value is -0.660. The van der Waals surface area contributed by atoms with Crippen molar-refractivity contribution in [2.45, 2.75) is 43.6 Å². The predicted octanol–water partition coefficient (Wildman–Crippen LogP) is 1.19. The number of tetrazole rings is 1. The van der Waals surface area contributed by atoms with Crippen molar-refractivity contribution in [2.24, 2.45) is 0 Å². The lowest BCUT2D eigenvalue weighted by Crippen LogP contribution is -2.24. The van der Waals surface area contributed by atoms with Crippen LogP contribution in [0.25, 0.3) is 0 Å². The molecule has 1 rings (SSSR count). The summed E-state index contributed by atoms with van der Waals surface area (Å²) < 4.78 is 6.83. The maximum Gasteiger partial charge on any atom is 0.209 e. The molecule has 0 aliphatic carbocycles. The van der Waals surface area contributed by atoms with Crippen LogP contribution in [0.3, 0.4) is 0 Å². The van der Waals surface area contributed by atoms with Crippen LogP contribution in [0.2, 0.25) is 0 Å². The van der Waals surface area contributed by atoms with Crippen LogP contribution in [0.5, 0.6) is 0 Å². The molecular weight excluding hydrogens is 250 g/mol. The minimum Gasteiger partial charge on any atom is -0.383 e. The largest absolute Gasteiger partial charge is 0.383 e. The second-order valence-electron chi connectivity index (χ2n) is 4.14. The summed E-state index contributed by atoms with van der Waals surface area (Å²) >= 11 is 1.74. The van der Waals surface area contributed by atoms with Gasteiger partial charge in [-0.05, 0) is 16.8 Å². The van der Waals surface area contributed by atoms with Crippen LogP contribution in [-0.2, 0) is 11.3 Å². The van der Waals surface area contributed by atoms with E-state index in [2.05, 4.69) is 34.7 Å². The zero-order valence-electron chi connectivity index (χ0n) is 11.4. The average molecular weight is 273 g/mol. The second-order valence-corrected chi connectivity index (χ2v) is 5.55. The molecule has 18 heavy (non-hydrogen) atoms. The van der Waals surface area contributed by atoms with Gasteiger partial charge in [-0.3, -0.25) is 0 Å². The van der Waals surface area contributed by atoms with E-state index in [1.54, 1.807) is 18.9 Å². The Balaban J connectivity index is 2.30. The number of thioether (sulfide) groups is 1. The molecule has 0 aromatic carbocycles. The molecule has 0 radical (unpaired) electrons. The Kier molecular flexibility index (Phi) is 7.95. The Morgan fingerprint density at radius 2 is 2.28 bits per heavy atom. The summed E-state index contributed by atoms with van der Waals surface area (Å²) in [5, 5.41) is 16.6. The molecule has 0 aliphatic heterocycles. The van der Waals surface area contributed by atoms with Crippen LogP contribution in [0.15, 0.2) is 5.16 Å². The number of ether oxygens (including phenoxy) is 1. The molecule has 0 spiro atoms. The van der Waals surface area contributed by atoms with Gasteiger partial charge in [0.1, 0.15) is 0 Å². The highest BCUT2D eigenvalue weighted by Gasteiger charge is 2.10. The zero-order valence-corrected chi connectivity index (χ0v) is 12.2. The number of hydrogen-bond donors (Lipinski definition) is 1. The van der Waals surface area contributed by atoms with Crippen molar-refractivity contribution < 1.29 is 4.74 Å². The average Bonchev–Trinajstić information content (AvgIpc) is 2.77. The molecule has 1 N–H and O–H groups in total. The maximum absolute atomic E-state index is 4.97. The molecule has 0 aliphatic rings. The standard InChI is InChI=1S/C11H23N5OS/c1-4-5-10(2)18-11-13-14-15-16(11)8-6-12-7-9-17-3/h10,12H,4-9H2,1-3H3. The quantitative estimate of drug-likeness (QED) is 0.510. The molecule has 0 saturated carbocycles. The normalized spacial score (nSPS) is 12.8. The van der Waals surface area contributed by atoms with E-state index in [0.29, 0.717) is 5.25 Å². The second kappa shape index (κ2) is 9.29. The number of rotatable bonds is 10. The third-order valence-electron chi connectivity index (χ3n) is 2.48. The van der Waals surface area contributed by atoms with E-state index in [0.717, 1.165) is 31.4 Å². The first kappa shape index (κ1) is 15.4. The molecule has 104 valence electrons. The molecule has 1 unspecified atom stereocenters. The van der Waals surface area contributed by atoms with Crippen LogP contribution in [0.4, 0.5) is 0 Å². The number of aromatic nitrogens is 4. The molecule has 0 bridgehead atoms. The SMILES string of the molecule is CCCC(C)Sc1nnnn1CCNCCOC. The summed E-state index contributed by atoms with van der Waals surface area (Å²) in [4.78, 5) is 0. The summed E-state index contributed by atoms with van der Waals surface area (Å²) in [5.41, 5.74) is 0. The monoisotopic (exact) mass is 273 g/mol. The molecule has 0 fully saturated rings. The van der Waals surface area contributed by atoms with Crippen LogP contribution in [0.1, 0.15) is 26.7 Å². The van der Waals surface area contributed by atoms with Crippen molar-refractivity contribution in [3.63, 3.8) is 0 Å². The first-order valence-corrected chi connectivity index (χ1v) is 7.28. The number of methoxy groups -OCH3 is 1. The van der Waals surface area contributed by atoms with Gasteiger partial charge in [0.15, 0.2) is 0 Å². The van der Waals surface area contributed by atoms with Crippen molar-refractivity contribution in [1.82, 2.24) is 25.5 Å². The molecule has 7 heteroatoms. The van der Waals surface area contributed by atoms with Gasteiger partial charge in [-0.15, -0.1) is 5.10 Å². The Morgan fingerprint density at radius 1 is 1.44 bits per heavy atom. The number of nitrogens with zero attached hydrogens (tertiary/aromatic N) is 4. The topological polar surface area (TPSA) is 64.9 Å². The lowest BCUT2D eigenvalue weighted by Gasteiger charge is -2.09. The molecule has 1 heterocycles. The van der Waals surface area contributed by atoms with Crippen molar-refractivity contribution in [3.8, 4) is 0 Å². The number of nitrogens with one attached hydrogen (secondary N) is 1. The van der Waals surface area contributed by atoms with Crippen molar-refractivity contribution in [1.29, 1.82) is 0 Å². The Bertz CT molecular complexity index is 320. The third-order valence-corrected chi connectivity index (χ3v) is 3.63. The van der Waals surface area contributed by atoms with E-state index in [-0.39, 0.29) is 0 Å². The van der Waals surface area contributed by atoms with E-state index < -0.39 is 0 Å². The predicted molar refractivity (Wildman–Crippen MR) is 72.8 cm³/mol. The van der Waals surface area contributed by atoms with Crippen LogP contribution < -0.4 is 5.32 Å².